The predicted octanol–water partition coefficient (Wildman–Crippen LogP) is -0.0901. The van der Waals surface area contributed by atoms with Crippen molar-refractivity contribution in [1.82, 2.24) is 5.32 Å². The molecule has 1 aromatic rings. The lowest BCUT2D eigenvalue weighted by Gasteiger charge is -2.04. The van der Waals surface area contributed by atoms with E-state index in [0.29, 0.717) is 12.1 Å². The van der Waals surface area contributed by atoms with Gasteiger partial charge in [-0.15, -0.1) is 0 Å². The molecular formula is C11H16N2O2. The minimum absolute atomic E-state index is 0.0446. The first kappa shape index (κ1) is 11.7. The SMILES string of the molecule is NCCc1ccc(C(=O)NCCO)cc1. The first-order valence-electron chi connectivity index (χ1n) is 4.96. The van der Waals surface area contributed by atoms with Crippen molar-refractivity contribution in [2.24, 2.45) is 5.73 Å². The van der Waals surface area contributed by atoms with Gasteiger partial charge in [0.1, 0.15) is 0 Å². The Morgan fingerprint density at radius 2 is 2.00 bits per heavy atom. The van der Waals surface area contributed by atoms with Crippen molar-refractivity contribution in [3.05, 3.63) is 35.4 Å². The van der Waals surface area contributed by atoms with E-state index in [4.69, 9.17) is 10.8 Å². The van der Waals surface area contributed by atoms with E-state index in [1.54, 1.807) is 12.1 Å². The van der Waals surface area contributed by atoms with Crippen LogP contribution in [-0.4, -0.2) is 30.7 Å². The number of aliphatic hydroxyl groups excluding tert-OH is 1. The predicted molar refractivity (Wildman–Crippen MR) is 58.6 cm³/mol. The third kappa shape index (κ3) is 3.69. The lowest BCUT2D eigenvalue weighted by molar-refractivity contribution is 0.0945. The molecule has 4 heteroatoms. The summed E-state index contributed by atoms with van der Waals surface area (Å²) in [6.45, 7) is 0.844. The second-order valence-corrected chi connectivity index (χ2v) is 3.22. The third-order valence-corrected chi connectivity index (χ3v) is 2.05. The van der Waals surface area contributed by atoms with Gasteiger partial charge >= 0.3 is 0 Å². The molecule has 15 heavy (non-hydrogen) atoms. The van der Waals surface area contributed by atoms with E-state index in [1.165, 1.54) is 0 Å². The Kier molecular flexibility index (Phi) is 4.80. The minimum atomic E-state index is -0.164. The molecule has 1 aromatic carbocycles. The number of nitrogens with two attached hydrogens (primary N) is 1. The lowest BCUT2D eigenvalue weighted by atomic mass is 10.1. The highest BCUT2D eigenvalue weighted by Crippen LogP contribution is 2.04. The molecule has 0 atom stereocenters. The zero-order valence-electron chi connectivity index (χ0n) is 8.57. The quantitative estimate of drug-likeness (QED) is 0.633. The van der Waals surface area contributed by atoms with E-state index in [0.717, 1.165) is 12.0 Å². The van der Waals surface area contributed by atoms with Crippen LogP contribution in [-0.2, 0) is 6.42 Å². The number of carbonyl (C=O) groups excluding carboxylic acids is 1. The molecule has 1 amide bonds. The molecule has 0 saturated carbocycles. The fourth-order valence-corrected chi connectivity index (χ4v) is 1.26. The van der Waals surface area contributed by atoms with Crippen LogP contribution in [0.15, 0.2) is 24.3 Å². The third-order valence-electron chi connectivity index (χ3n) is 2.05. The van der Waals surface area contributed by atoms with Crippen molar-refractivity contribution in [3.63, 3.8) is 0 Å². The summed E-state index contributed by atoms with van der Waals surface area (Å²) in [6.07, 6.45) is 0.818. The molecule has 0 aliphatic carbocycles. The van der Waals surface area contributed by atoms with Crippen LogP contribution in [0.3, 0.4) is 0 Å². The molecule has 82 valence electrons. The second kappa shape index (κ2) is 6.16. The van der Waals surface area contributed by atoms with Crippen LogP contribution in [0.4, 0.5) is 0 Å². The smallest absolute Gasteiger partial charge is 0.251 e. The van der Waals surface area contributed by atoms with Gasteiger partial charge in [0.2, 0.25) is 0 Å². The average Bonchev–Trinajstić information content (AvgIpc) is 2.27. The number of hydrogen-bond donors (Lipinski definition) is 3. The molecular weight excluding hydrogens is 192 g/mol. The molecule has 0 aliphatic rings. The zero-order chi connectivity index (χ0) is 11.1. The summed E-state index contributed by atoms with van der Waals surface area (Å²) in [5.41, 5.74) is 7.14. The zero-order valence-corrected chi connectivity index (χ0v) is 8.57. The number of rotatable bonds is 5. The van der Waals surface area contributed by atoms with Gasteiger partial charge in [-0.2, -0.15) is 0 Å². The van der Waals surface area contributed by atoms with Crippen LogP contribution in [0, 0.1) is 0 Å². The molecule has 0 fully saturated rings. The Labute approximate surface area is 89.1 Å². The summed E-state index contributed by atoms with van der Waals surface area (Å²) < 4.78 is 0. The van der Waals surface area contributed by atoms with Gasteiger partial charge in [-0.1, -0.05) is 12.1 Å². The number of amides is 1. The Balaban J connectivity index is 2.58. The Morgan fingerprint density at radius 1 is 1.33 bits per heavy atom. The number of nitrogens with one attached hydrogen (secondary N) is 1. The van der Waals surface area contributed by atoms with E-state index < -0.39 is 0 Å². The van der Waals surface area contributed by atoms with Crippen molar-refractivity contribution in [1.29, 1.82) is 0 Å². The maximum atomic E-state index is 11.4. The molecule has 4 nitrogen and oxygen atoms in total. The van der Waals surface area contributed by atoms with E-state index in [1.807, 2.05) is 12.1 Å². The molecule has 4 N–H and O–H groups in total. The summed E-state index contributed by atoms with van der Waals surface area (Å²) >= 11 is 0. The fraction of sp³-hybridized carbons (Fsp3) is 0.364. The summed E-state index contributed by atoms with van der Waals surface area (Å²) in [5, 5.41) is 11.1. The van der Waals surface area contributed by atoms with Crippen LogP contribution in [0.2, 0.25) is 0 Å². The molecule has 0 heterocycles. The van der Waals surface area contributed by atoms with Gasteiger partial charge in [0.15, 0.2) is 0 Å². The van der Waals surface area contributed by atoms with E-state index >= 15 is 0 Å². The van der Waals surface area contributed by atoms with E-state index in [2.05, 4.69) is 5.32 Å². The maximum absolute atomic E-state index is 11.4. The summed E-state index contributed by atoms with van der Waals surface area (Å²) in [4.78, 5) is 11.4. The highest BCUT2D eigenvalue weighted by molar-refractivity contribution is 5.94. The van der Waals surface area contributed by atoms with Gasteiger partial charge in [-0.25, -0.2) is 0 Å². The summed E-state index contributed by atoms with van der Waals surface area (Å²) in [7, 11) is 0. The maximum Gasteiger partial charge on any atom is 0.251 e. The van der Waals surface area contributed by atoms with Crippen LogP contribution in [0.5, 0.6) is 0 Å². The second-order valence-electron chi connectivity index (χ2n) is 3.22. The largest absolute Gasteiger partial charge is 0.395 e. The first-order chi connectivity index (χ1) is 7.27. The van der Waals surface area contributed by atoms with Crippen LogP contribution in [0.25, 0.3) is 0 Å². The van der Waals surface area contributed by atoms with Gasteiger partial charge in [-0.05, 0) is 30.7 Å². The first-order valence-corrected chi connectivity index (χ1v) is 4.96. The van der Waals surface area contributed by atoms with Gasteiger partial charge < -0.3 is 16.2 Å². The molecule has 0 bridgehead atoms. The summed E-state index contributed by atoms with van der Waals surface area (Å²) in [5.74, 6) is -0.164. The fourth-order valence-electron chi connectivity index (χ4n) is 1.26. The van der Waals surface area contributed by atoms with Gasteiger partial charge in [0, 0.05) is 12.1 Å². The standard InChI is InChI=1S/C11H16N2O2/c12-6-5-9-1-3-10(4-2-9)11(15)13-7-8-14/h1-4,14H,5-8,12H2,(H,13,15). The monoisotopic (exact) mass is 208 g/mol. The number of carbonyl (C=O) groups is 1. The van der Waals surface area contributed by atoms with Crippen molar-refractivity contribution in [2.75, 3.05) is 19.7 Å². The molecule has 0 saturated heterocycles. The number of benzene rings is 1. The lowest BCUT2D eigenvalue weighted by Crippen LogP contribution is -2.26. The number of hydrogen-bond acceptors (Lipinski definition) is 3. The van der Waals surface area contributed by atoms with Gasteiger partial charge in [0.25, 0.3) is 5.91 Å². The number of aliphatic hydroxyl groups is 1. The van der Waals surface area contributed by atoms with E-state index in [-0.39, 0.29) is 19.1 Å². The van der Waals surface area contributed by atoms with Gasteiger partial charge in [-0.3, -0.25) is 4.79 Å². The topological polar surface area (TPSA) is 75.4 Å². The van der Waals surface area contributed by atoms with Crippen LogP contribution in [0.1, 0.15) is 15.9 Å². The van der Waals surface area contributed by atoms with Crippen molar-refractivity contribution >= 4 is 5.91 Å². The van der Waals surface area contributed by atoms with E-state index in [9.17, 15) is 4.79 Å². The molecule has 0 spiro atoms. The van der Waals surface area contributed by atoms with Crippen molar-refractivity contribution < 1.29 is 9.90 Å². The van der Waals surface area contributed by atoms with Crippen LogP contribution < -0.4 is 11.1 Å². The van der Waals surface area contributed by atoms with Crippen molar-refractivity contribution in [2.45, 2.75) is 6.42 Å². The molecule has 0 aliphatic heterocycles. The van der Waals surface area contributed by atoms with Crippen molar-refractivity contribution in [3.8, 4) is 0 Å². The van der Waals surface area contributed by atoms with Gasteiger partial charge in [0.05, 0.1) is 6.61 Å². The molecule has 1 rings (SSSR count). The highest BCUT2D eigenvalue weighted by Gasteiger charge is 2.03. The molecule has 0 radical (unpaired) electrons. The van der Waals surface area contributed by atoms with Crippen LogP contribution >= 0.6 is 0 Å². The Hall–Kier alpha value is -1.39. The summed E-state index contributed by atoms with van der Waals surface area (Å²) in [6, 6.07) is 7.30. The normalized spacial score (nSPS) is 10.0. The molecule has 0 unspecified atom stereocenters. The Morgan fingerprint density at radius 3 is 2.53 bits per heavy atom. The molecule has 0 aromatic heterocycles. The Bertz CT molecular complexity index is 309. The highest BCUT2D eigenvalue weighted by atomic mass is 16.3. The minimum Gasteiger partial charge on any atom is -0.395 e. The average molecular weight is 208 g/mol.